The maximum Gasteiger partial charge on any atom is 0.324 e. The Morgan fingerprint density at radius 3 is 2.34 bits per heavy atom. The van der Waals surface area contributed by atoms with Crippen LogP contribution in [-0.4, -0.2) is 79.0 Å². The van der Waals surface area contributed by atoms with Crippen LogP contribution in [0.5, 0.6) is 11.6 Å². The topological polar surface area (TPSA) is 165 Å². The molecule has 6 rings (SSSR count). The van der Waals surface area contributed by atoms with Gasteiger partial charge in [-0.05, 0) is 81.1 Å². The van der Waals surface area contributed by atoms with E-state index in [4.69, 9.17) is 30.0 Å². The van der Waals surface area contributed by atoms with Crippen LogP contribution in [0.1, 0.15) is 105 Å². The average molecular weight is 808 g/mol. The number of aliphatic hydroxyl groups is 1. The highest BCUT2D eigenvalue weighted by Gasteiger charge is 2.67. The molecule has 0 fully saturated rings. The number of rotatable bonds is 13. The minimum Gasteiger partial charge on any atom is -0.508 e. The second-order valence-corrected chi connectivity index (χ2v) is 21.8. The van der Waals surface area contributed by atoms with Gasteiger partial charge in [0, 0.05) is 22.7 Å². The second kappa shape index (κ2) is 16.0. The number of unbranched alkanes of at least 4 members (excludes halogenated alkanes) is 2. The van der Waals surface area contributed by atoms with Crippen molar-refractivity contribution in [2.45, 2.75) is 103 Å². The number of carbonyl (C=O) groups excluding carboxylic acids is 3. The summed E-state index contributed by atoms with van der Waals surface area (Å²) in [6.45, 7) is 14.8. The maximum atomic E-state index is 15.4. The normalized spacial score (nSPS) is 21.9. The SMILES string of the molecule is CCCCOc1noc2c1C(=O)[C@@]1(O[Si](C)(C)C(C)(C)C)C(O)=C3C(=O)c4c(c(Cl)nc(NC(=O)Nc5ccccc5)c4OCCCC)C[C@H]3C[C@H]1[C@@H]2N(C)C. The number of aliphatic hydroxyl groups excluding tert-OH is 1. The number of hydrogen-bond acceptors (Lipinski definition) is 11. The van der Waals surface area contributed by atoms with Gasteiger partial charge in [0.15, 0.2) is 37.0 Å². The molecular formula is C41H54ClN5O8Si. The van der Waals surface area contributed by atoms with Gasteiger partial charge in [-0.15, -0.1) is 0 Å². The van der Waals surface area contributed by atoms with Gasteiger partial charge in [0.25, 0.3) is 5.88 Å². The van der Waals surface area contributed by atoms with Gasteiger partial charge in [0.1, 0.15) is 16.5 Å². The summed E-state index contributed by atoms with van der Waals surface area (Å²) < 4.78 is 25.5. The van der Waals surface area contributed by atoms with E-state index in [2.05, 4.69) is 41.5 Å². The number of pyridine rings is 1. The lowest BCUT2D eigenvalue weighted by atomic mass is 9.58. The first-order valence-electron chi connectivity index (χ1n) is 19.5. The lowest BCUT2D eigenvalue weighted by molar-refractivity contribution is -0.0480. The van der Waals surface area contributed by atoms with E-state index in [1.54, 1.807) is 24.3 Å². The van der Waals surface area contributed by atoms with Crippen molar-refractivity contribution in [3.8, 4) is 11.6 Å². The highest BCUT2D eigenvalue weighted by atomic mass is 35.5. The summed E-state index contributed by atoms with van der Waals surface area (Å²) in [6.07, 6.45) is 3.54. The third-order valence-corrected chi connectivity index (χ3v) is 16.4. The number of carbonyl (C=O) groups is 3. The predicted molar refractivity (Wildman–Crippen MR) is 217 cm³/mol. The molecule has 4 atom stereocenters. The number of allylic oxidation sites excluding steroid dienone is 1. The first kappa shape index (κ1) is 41.4. The highest BCUT2D eigenvalue weighted by Crippen LogP contribution is 2.60. The Labute approximate surface area is 334 Å². The first-order chi connectivity index (χ1) is 26.5. The van der Waals surface area contributed by atoms with E-state index in [1.165, 1.54) is 0 Å². The first-order valence-corrected chi connectivity index (χ1v) is 22.8. The van der Waals surface area contributed by atoms with Crippen LogP contribution < -0.4 is 20.1 Å². The number of nitrogens with one attached hydrogen (secondary N) is 2. The van der Waals surface area contributed by atoms with Crippen molar-refractivity contribution in [2.75, 3.05) is 37.9 Å². The fourth-order valence-corrected chi connectivity index (χ4v) is 9.49. The molecule has 2 amide bonds. The summed E-state index contributed by atoms with van der Waals surface area (Å²) in [5.41, 5.74) is -0.758. The molecular weight excluding hydrogens is 754 g/mol. The lowest BCUT2D eigenvalue weighted by Gasteiger charge is -2.55. The molecule has 13 nitrogen and oxygen atoms in total. The zero-order valence-electron chi connectivity index (χ0n) is 33.8. The van der Waals surface area contributed by atoms with Crippen LogP contribution in [0.15, 0.2) is 46.2 Å². The van der Waals surface area contributed by atoms with Crippen molar-refractivity contribution in [1.29, 1.82) is 0 Å². The van der Waals surface area contributed by atoms with E-state index in [0.717, 1.165) is 19.3 Å². The smallest absolute Gasteiger partial charge is 0.324 e. The van der Waals surface area contributed by atoms with Crippen LogP contribution >= 0.6 is 11.6 Å². The zero-order valence-corrected chi connectivity index (χ0v) is 35.6. The largest absolute Gasteiger partial charge is 0.508 e. The number of amides is 2. The average Bonchev–Trinajstić information content (AvgIpc) is 3.54. The molecule has 2 heterocycles. The van der Waals surface area contributed by atoms with Gasteiger partial charge in [-0.2, -0.15) is 0 Å². The van der Waals surface area contributed by atoms with E-state index in [-0.39, 0.29) is 63.8 Å². The summed E-state index contributed by atoms with van der Waals surface area (Å²) in [7, 11) is 0.849. The third-order valence-electron chi connectivity index (χ3n) is 11.6. The summed E-state index contributed by atoms with van der Waals surface area (Å²) >= 11 is 6.90. The van der Waals surface area contributed by atoms with Crippen LogP contribution in [0.25, 0.3) is 0 Å². The molecule has 0 unspecified atom stereocenters. The van der Waals surface area contributed by atoms with Crippen LogP contribution in [0.3, 0.4) is 0 Å². The lowest BCUT2D eigenvalue weighted by Crippen LogP contribution is -2.65. The maximum absolute atomic E-state index is 15.4. The third kappa shape index (κ3) is 7.25. The van der Waals surface area contributed by atoms with Crippen molar-refractivity contribution in [2.24, 2.45) is 11.8 Å². The molecule has 1 aromatic carbocycles. The Balaban J connectivity index is 1.55. The van der Waals surface area contributed by atoms with Crippen molar-refractivity contribution >= 4 is 49.0 Å². The Morgan fingerprint density at radius 1 is 1.05 bits per heavy atom. The monoisotopic (exact) mass is 807 g/mol. The van der Waals surface area contributed by atoms with E-state index in [9.17, 15) is 9.90 Å². The molecule has 0 bridgehead atoms. The number of para-hydroxylation sites is 1. The number of hydrogen-bond donors (Lipinski definition) is 3. The molecule has 3 N–H and O–H groups in total. The molecule has 3 aliphatic carbocycles. The van der Waals surface area contributed by atoms with Gasteiger partial charge in [-0.1, -0.05) is 77.3 Å². The molecule has 56 heavy (non-hydrogen) atoms. The van der Waals surface area contributed by atoms with Gasteiger partial charge in [-0.25, -0.2) is 9.78 Å². The van der Waals surface area contributed by atoms with Gasteiger partial charge in [-0.3, -0.25) is 19.8 Å². The van der Waals surface area contributed by atoms with Crippen molar-refractivity contribution < 1.29 is 37.9 Å². The number of nitrogens with zero attached hydrogens (tertiary/aromatic N) is 3. The quantitative estimate of drug-likeness (QED) is 0.0857. The number of halogens is 1. The fourth-order valence-electron chi connectivity index (χ4n) is 7.78. The summed E-state index contributed by atoms with van der Waals surface area (Å²) in [5, 5.41) is 22.3. The van der Waals surface area contributed by atoms with Crippen LogP contribution in [0, 0.1) is 11.8 Å². The number of ether oxygens (including phenoxy) is 2. The van der Waals surface area contributed by atoms with E-state index in [0.29, 0.717) is 30.0 Å². The van der Waals surface area contributed by atoms with Crippen molar-refractivity contribution in [3.05, 3.63) is 69.3 Å². The number of Topliss-reactive ketones (excluding diaryl/α,β-unsaturated/α-hetero) is 2. The van der Waals surface area contributed by atoms with E-state index in [1.807, 2.05) is 52.0 Å². The van der Waals surface area contributed by atoms with Crippen molar-refractivity contribution in [3.63, 3.8) is 0 Å². The Hall–Kier alpha value is -4.24. The van der Waals surface area contributed by atoms with Crippen molar-refractivity contribution in [1.82, 2.24) is 15.0 Å². The van der Waals surface area contributed by atoms with E-state index < -0.39 is 55.2 Å². The Morgan fingerprint density at radius 2 is 1.71 bits per heavy atom. The molecule has 3 aromatic rings. The van der Waals surface area contributed by atoms with Crippen LogP contribution in [0.2, 0.25) is 23.3 Å². The number of aromatic nitrogens is 2. The minimum atomic E-state index is -2.91. The predicted octanol–water partition coefficient (Wildman–Crippen LogP) is 9.17. The number of benzene rings is 1. The molecule has 0 spiro atoms. The van der Waals surface area contributed by atoms with Gasteiger partial charge < -0.3 is 28.8 Å². The minimum absolute atomic E-state index is 0.0226. The van der Waals surface area contributed by atoms with Gasteiger partial charge >= 0.3 is 6.03 Å². The zero-order chi connectivity index (χ0) is 40.7. The van der Waals surface area contributed by atoms with Crippen LogP contribution in [0.4, 0.5) is 16.3 Å². The number of urea groups is 1. The molecule has 302 valence electrons. The van der Waals surface area contributed by atoms with Gasteiger partial charge in [0.05, 0.1) is 24.8 Å². The number of anilines is 2. The number of fused-ring (bicyclic) bond motifs is 4. The van der Waals surface area contributed by atoms with Crippen LogP contribution in [-0.2, 0) is 10.8 Å². The molecule has 0 saturated heterocycles. The van der Waals surface area contributed by atoms with E-state index >= 15 is 9.59 Å². The highest BCUT2D eigenvalue weighted by molar-refractivity contribution is 6.74. The molecule has 0 aliphatic heterocycles. The standard InChI is InChI=1S/C41H54ClN5O8Si/c1-10-12-19-52-33-28-25(36(42)44-37(33)45-39(51)43-24-17-15-14-16-18-24)21-23-22-26-30(47(6)7)32-29(38(46-54-32)53-20-13-11-2)35(50)41(26,34(49)27(23)31(28)48)55-56(8,9)40(3,4)5/h14-18,23,26,30,49H,10-13,19-22H2,1-9H3,(H2,43,44,45,51)/t23-,26-,30-,41-/m0/s1. The Bertz CT molecular complexity index is 2030. The molecule has 0 saturated carbocycles. The Kier molecular flexibility index (Phi) is 11.8. The summed E-state index contributed by atoms with van der Waals surface area (Å²) in [4.78, 5) is 50.3. The number of ketones is 2. The fraction of sp³-hybridized carbons (Fsp3) is 0.537. The second-order valence-electron chi connectivity index (χ2n) is 16.7. The molecule has 2 aromatic heterocycles. The molecule has 15 heteroatoms. The molecule has 0 radical (unpaired) electrons. The summed E-state index contributed by atoms with van der Waals surface area (Å²) in [5.74, 6) is -2.46. The summed E-state index contributed by atoms with van der Waals surface area (Å²) in [6, 6.07) is 7.68. The molecule has 3 aliphatic rings. The van der Waals surface area contributed by atoms with Gasteiger partial charge in [0.2, 0.25) is 5.78 Å².